The standard InChI is InChI=1S/C13H19N5O2/c1-19-7-6-14-9-13-15-16-17-18(13)12-5-3-4-11(8-12)10-20-2/h3-5,8,14H,6-7,9-10H2,1-2H3. The molecule has 0 atom stereocenters. The quantitative estimate of drug-likeness (QED) is 0.710. The number of hydrogen-bond donors (Lipinski definition) is 1. The summed E-state index contributed by atoms with van der Waals surface area (Å²) < 4.78 is 11.8. The van der Waals surface area contributed by atoms with Crippen molar-refractivity contribution < 1.29 is 9.47 Å². The summed E-state index contributed by atoms with van der Waals surface area (Å²) in [5.74, 6) is 0.760. The zero-order valence-electron chi connectivity index (χ0n) is 11.7. The molecule has 0 aliphatic carbocycles. The van der Waals surface area contributed by atoms with Crippen LogP contribution in [0.3, 0.4) is 0 Å². The van der Waals surface area contributed by atoms with Gasteiger partial charge in [0.25, 0.3) is 0 Å². The van der Waals surface area contributed by atoms with Gasteiger partial charge in [0.2, 0.25) is 0 Å². The molecule has 2 rings (SSSR count). The van der Waals surface area contributed by atoms with Crippen molar-refractivity contribution in [3.63, 3.8) is 0 Å². The van der Waals surface area contributed by atoms with Gasteiger partial charge in [-0.15, -0.1) is 5.10 Å². The molecule has 0 saturated heterocycles. The largest absolute Gasteiger partial charge is 0.383 e. The molecule has 0 saturated carbocycles. The van der Waals surface area contributed by atoms with Crippen molar-refractivity contribution in [2.24, 2.45) is 0 Å². The number of hydrogen-bond acceptors (Lipinski definition) is 6. The third kappa shape index (κ3) is 3.83. The van der Waals surface area contributed by atoms with E-state index in [2.05, 4.69) is 20.8 Å². The number of nitrogens with one attached hydrogen (secondary N) is 1. The fourth-order valence-electron chi connectivity index (χ4n) is 1.84. The second kappa shape index (κ2) is 7.68. The van der Waals surface area contributed by atoms with Crippen molar-refractivity contribution in [1.29, 1.82) is 0 Å². The normalized spacial score (nSPS) is 10.9. The van der Waals surface area contributed by atoms with Crippen molar-refractivity contribution in [2.75, 3.05) is 27.4 Å². The van der Waals surface area contributed by atoms with Gasteiger partial charge in [-0.25, -0.2) is 0 Å². The average molecular weight is 277 g/mol. The number of benzene rings is 1. The monoisotopic (exact) mass is 277 g/mol. The van der Waals surface area contributed by atoms with Crippen LogP contribution in [-0.2, 0) is 22.6 Å². The van der Waals surface area contributed by atoms with Gasteiger partial charge in [-0.3, -0.25) is 0 Å². The van der Waals surface area contributed by atoms with E-state index in [1.165, 1.54) is 0 Å². The second-order valence-electron chi connectivity index (χ2n) is 4.28. The van der Waals surface area contributed by atoms with E-state index < -0.39 is 0 Å². The third-order valence-electron chi connectivity index (χ3n) is 2.77. The van der Waals surface area contributed by atoms with Gasteiger partial charge in [-0.1, -0.05) is 12.1 Å². The van der Waals surface area contributed by atoms with Gasteiger partial charge in [-0.05, 0) is 28.1 Å². The Morgan fingerprint density at radius 3 is 2.95 bits per heavy atom. The first-order valence-electron chi connectivity index (χ1n) is 6.40. The minimum absolute atomic E-state index is 0.567. The van der Waals surface area contributed by atoms with Crippen LogP contribution in [0, 0.1) is 0 Å². The first kappa shape index (κ1) is 14.6. The van der Waals surface area contributed by atoms with Gasteiger partial charge < -0.3 is 14.8 Å². The van der Waals surface area contributed by atoms with E-state index >= 15 is 0 Å². The highest BCUT2D eigenvalue weighted by atomic mass is 16.5. The van der Waals surface area contributed by atoms with Gasteiger partial charge >= 0.3 is 0 Å². The molecule has 1 N–H and O–H groups in total. The van der Waals surface area contributed by atoms with Crippen LogP contribution >= 0.6 is 0 Å². The minimum atomic E-state index is 0.567. The highest BCUT2D eigenvalue weighted by Crippen LogP contribution is 2.11. The summed E-state index contributed by atoms with van der Waals surface area (Å²) in [6, 6.07) is 7.95. The summed E-state index contributed by atoms with van der Waals surface area (Å²) in [6.07, 6.45) is 0. The number of ether oxygens (including phenoxy) is 2. The minimum Gasteiger partial charge on any atom is -0.383 e. The first-order valence-corrected chi connectivity index (χ1v) is 6.40. The van der Waals surface area contributed by atoms with Crippen LogP contribution in [-0.4, -0.2) is 47.6 Å². The summed E-state index contributed by atoms with van der Waals surface area (Å²) in [5.41, 5.74) is 2.01. The van der Waals surface area contributed by atoms with Gasteiger partial charge in [0, 0.05) is 20.8 Å². The Bertz CT molecular complexity index is 529. The fourth-order valence-corrected chi connectivity index (χ4v) is 1.84. The number of aromatic nitrogens is 4. The number of rotatable bonds is 8. The Balaban J connectivity index is 2.08. The summed E-state index contributed by atoms with van der Waals surface area (Å²) >= 11 is 0. The molecule has 1 aromatic carbocycles. The van der Waals surface area contributed by atoms with Gasteiger partial charge in [0.05, 0.1) is 25.4 Å². The lowest BCUT2D eigenvalue weighted by Crippen LogP contribution is -2.21. The molecule has 1 aromatic heterocycles. The fraction of sp³-hybridized carbons (Fsp3) is 0.462. The molecule has 7 heteroatoms. The van der Waals surface area contributed by atoms with E-state index in [0.717, 1.165) is 23.6 Å². The van der Waals surface area contributed by atoms with E-state index in [0.29, 0.717) is 19.8 Å². The molecule has 1 heterocycles. The van der Waals surface area contributed by atoms with Crippen LogP contribution in [0.1, 0.15) is 11.4 Å². The molecule has 2 aromatic rings. The molecular formula is C13H19N5O2. The molecule has 7 nitrogen and oxygen atoms in total. The molecule has 0 bridgehead atoms. The van der Waals surface area contributed by atoms with Crippen LogP contribution in [0.2, 0.25) is 0 Å². The highest BCUT2D eigenvalue weighted by Gasteiger charge is 2.08. The molecule has 20 heavy (non-hydrogen) atoms. The topological polar surface area (TPSA) is 74.1 Å². The zero-order valence-corrected chi connectivity index (χ0v) is 11.7. The predicted octanol–water partition coefficient (Wildman–Crippen LogP) is 0.545. The SMILES string of the molecule is COCCNCc1nnnn1-c1cccc(COC)c1. The van der Waals surface area contributed by atoms with Crippen LogP contribution in [0.25, 0.3) is 5.69 Å². The first-order chi connectivity index (χ1) is 9.85. The number of tetrazole rings is 1. The lowest BCUT2D eigenvalue weighted by molar-refractivity contribution is 0.185. The van der Waals surface area contributed by atoms with E-state index in [1.54, 1.807) is 18.9 Å². The van der Waals surface area contributed by atoms with E-state index in [9.17, 15) is 0 Å². The van der Waals surface area contributed by atoms with Gasteiger partial charge in [0.1, 0.15) is 0 Å². The van der Waals surface area contributed by atoms with Crippen molar-refractivity contribution >= 4 is 0 Å². The molecule has 0 unspecified atom stereocenters. The lowest BCUT2D eigenvalue weighted by atomic mass is 10.2. The van der Waals surface area contributed by atoms with Crippen LogP contribution in [0.15, 0.2) is 24.3 Å². The molecule has 0 amide bonds. The van der Waals surface area contributed by atoms with E-state index in [4.69, 9.17) is 9.47 Å². The molecule has 0 fully saturated rings. The summed E-state index contributed by atoms with van der Waals surface area (Å²) in [6.45, 7) is 2.57. The van der Waals surface area contributed by atoms with Gasteiger partial charge in [0.15, 0.2) is 5.82 Å². The molecular weight excluding hydrogens is 258 g/mol. The molecule has 0 spiro atoms. The molecule has 108 valence electrons. The zero-order chi connectivity index (χ0) is 14.2. The summed E-state index contributed by atoms with van der Waals surface area (Å²) in [7, 11) is 3.35. The van der Waals surface area contributed by atoms with Crippen LogP contribution < -0.4 is 5.32 Å². The maximum absolute atomic E-state index is 5.14. The van der Waals surface area contributed by atoms with E-state index in [1.807, 2.05) is 24.3 Å². The predicted molar refractivity (Wildman–Crippen MR) is 73.4 cm³/mol. The van der Waals surface area contributed by atoms with Crippen LogP contribution in [0.4, 0.5) is 0 Å². The molecule has 0 radical (unpaired) electrons. The Kier molecular flexibility index (Phi) is 5.60. The summed E-state index contributed by atoms with van der Waals surface area (Å²) in [5, 5.41) is 15.0. The Hall–Kier alpha value is -1.83. The number of methoxy groups -OCH3 is 2. The molecule has 0 aliphatic heterocycles. The Labute approximate surface area is 117 Å². The number of nitrogens with zero attached hydrogens (tertiary/aromatic N) is 4. The maximum atomic E-state index is 5.14. The third-order valence-corrected chi connectivity index (χ3v) is 2.77. The summed E-state index contributed by atoms with van der Waals surface area (Å²) in [4.78, 5) is 0. The molecule has 0 aliphatic rings. The maximum Gasteiger partial charge on any atom is 0.170 e. The Morgan fingerprint density at radius 2 is 2.15 bits per heavy atom. The highest BCUT2D eigenvalue weighted by molar-refractivity contribution is 5.35. The average Bonchev–Trinajstić information content (AvgIpc) is 2.93. The van der Waals surface area contributed by atoms with E-state index in [-0.39, 0.29) is 0 Å². The van der Waals surface area contributed by atoms with Crippen molar-refractivity contribution in [1.82, 2.24) is 25.5 Å². The van der Waals surface area contributed by atoms with Crippen LogP contribution in [0.5, 0.6) is 0 Å². The smallest absolute Gasteiger partial charge is 0.170 e. The Morgan fingerprint density at radius 1 is 1.25 bits per heavy atom. The lowest BCUT2D eigenvalue weighted by Gasteiger charge is -2.07. The van der Waals surface area contributed by atoms with Crippen molar-refractivity contribution in [3.05, 3.63) is 35.7 Å². The van der Waals surface area contributed by atoms with Crippen molar-refractivity contribution in [3.8, 4) is 5.69 Å². The second-order valence-corrected chi connectivity index (χ2v) is 4.28. The van der Waals surface area contributed by atoms with Crippen molar-refractivity contribution in [2.45, 2.75) is 13.2 Å². The van der Waals surface area contributed by atoms with Gasteiger partial charge in [-0.2, -0.15) is 4.68 Å².